The van der Waals surface area contributed by atoms with E-state index in [1.54, 1.807) is 0 Å². The highest BCUT2D eigenvalue weighted by Crippen LogP contribution is 2.17. The third kappa shape index (κ3) is 4.42. The maximum atomic E-state index is 12.0. The minimum absolute atomic E-state index is 0.0493. The Morgan fingerprint density at radius 2 is 2.05 bits per heavy atom. The van der Waals surface area contributed by atoms with E-state index in [4.69, 9.17) is 5.11 Å². The number of rotatable bonds is 4. The van der Waals surface area contributed by atoms with Gasteiger partial charge in [-0.3, -0.25) is 4.79 Å². The summed E-state index contributed by atoms with van der Waals surface area (Å²) in [5.74, 6) is 5.61. The molecule has 0 aliphatic carbocycles. The van der Waals surface area contributed by atoms with Crippen molar-refractivity contribution in [3.8, 4) is 11.8 Å². The zero-order valence-corrected chi connectivity index (χ0v) is 11.8. The van der Waals surface area contributed by atoms with E-state index in [-0.39, 0.29) is 18.4 Å². The lowest BCUT2D eigenvalue weighted by molar-refractivity contribution is -0.120. The molecule has 0 aliphatic rings. The van der Waals surface area contributed by atoms with Crippen LogP contribution in [-0.4, -0.2) is 17.6 Å². The van der Waals surface area contributed by atoms with E-state index < -0.39 is 0 Å². The number of benzene rings is 1. The van der Waals surface area contributed by atoms with E-state index in [1.165, 1.54) is 0 Å². The van der Waals surface area contributed by atoms with Gasteiger partial charge in [0.15, 0.2) is 0 Å². The number of nitrogens with one attached hydrogen (secondary N) is 1. The van der Waals surface area contributed by atoms with Gasteiger partial charge in [0, 0.05) is 17.2 Å². The van der Waals surface area contributed by atoms with Crippen molar-refractivity contribution in [1.29, 1.82) is 0 Å². The standard InChI is InChI=1S/C16H21NO2/c1-4-13(5-2)16(19)17-15-9-8-12(3)14(11-15)7-6-10-18/h8-9,11,13,18H,4-5,10H2,1-3H3,(H,17,19). The van der Waals surface area contributed by atoms with Gasteiger partial charge in [-0.2, -0.15) is 0 Å². The van der Waals surface area contributed by atoms with E-state index in [9.17, 15) is 4.79 Å². The smallest absolute Gasteiger partial charge is 0.227 e. The molecule has 0 spiro atoms. The minimum atomic E-state index is -0.163. The summed E-state index contributed by atoms with van der Waals surface area (Å²) in [4.78, 5) is 12.0. The number of aryl methyl sites for hydroxylation is 1. The molecule has 1 aromatic rings. The van der Waals surface area contributed by atoms with Crippen molar-refractivity contribution in [2.75, 3.05) is 11.9 Å². The first-order valence-electron chi connectivity index (χ1n) is 6.63. The molecule has 0 heterocycles. The first kappa shape index (κ1) is 15.3. The van der Waals surface area contributed by atoms with Crippen molar-refractivity contribution in [1.82, 2.24) is 0 Å². The minimum Gasteiger partial charge on any atom is -0.384 e. The van der Waals surface area contributed by atoms with E-state index >= 15 is 0 Å². The van der Waals surface area contributed by atoms with Crippen LogP contribution in [0.5, 0.6) is 0 Å². The summed E-state index contributed by atoms with van der Waals surface area (Å²) in [6, 6.07) is 5.64. The number of aliphatic hydroxyl groups excluding tert-OH is 1. The number of carbonyl (C=O) groups excluding carboxylic acids is 1. The van der Waals surface area contributed by atoms with Crippen LogP contribution in [-0.2, 0) is 4.79 Å². The van der Waals surface area contributed by atoms with Crippen molar-refractivity contribution in [3.05, 3.63) is 29.3 Å². The number of carbonyl (C=O) groups is 1. The van der Waals surface area contributed by atoms with Crippen LogP contribution >= 0.6 is 0 Å². The first-order chi connectivity index (χ1) is 9.12. The molecule has 1 rings (SSSR count). The molecular weight excluding hydrogens is 238 g/mol. The number of anilines is 1. The Kier molecular flexibility index (Phi) is 6.11. The fourth-order valence-corrected chi connectivity index (χ4v) is 1.87. The van der Waals surface area contributed by atoms with Crippen molar-refractivity contribution in [2.45, 2.75) is 33.6 Å². The molecule has 0 aromatic heterocycles. The summed E-state index contributed by atoms with van der Waals surface area (Å²) in [5.41, 5.74) is 2.61. The van der Waals surface area contributed by atoms with Gasteiger partial charge in [0.1, 0.15) is 6.61 Å². The van der Waals surface area contributed by atoms with Crippen LogP contribution in [0.3, 0.4) is 0 Å². The summed E-state index contributed by atoms with van der Waals surface area (Å²) < 4.78 is 0. The van der Waals surface area contributed by atoms with Gasteiger partial charge in [0.05, 0.1) is 0 Å². The monoisotopic (exact) mass is 259 g/mol. The molecule has 1 amide bonds. The lowest BCUT2D eigenvalue weighted by Gasteiger charge is -2.13. The fourth-order valence-electron chi connectivity index (χ4n) is 1.87. The van der Waals surface area contributed by atoms with Crippen molar-refractivity contribution < 1.29 is 9.90 Å². The summed E-state index contributed by atoms with van der Waals surface area (Å²) >= 11 is 0. The van der Waals surface area contributed by atoms with Gasteiger partial charge in [0.2, 0.25) is 5.91 Å². The largest absolute Gasteiger partial charge is 0.384 e. The van der Waals surface area contributed by atoms with Crippen molar-refractivity contribution in [3.63, 3.8) is 0 Å². The van der Waals surface area contributed by atoms with Crippen LogP contribution in [0.2, 0.25) is 0 Å². The molecule has 2 N–H and O–H groups in total. The molecular formula is C16H21NO2. The second-order valence-electron chi connectivity index (χ2n) is 4.49. The number of amides is 1. The van der Waals surface area contributed by atoms with Gasteiger partial charge in [-0.25, -0.2) is 0 Å². The highest BCUT2D eigenvalue weighted by atomic mass is 16.2. The average molecular weight is 259 g/mol. The predicted molar refractivity (Wildman–Crippen MR) is 77.8 cm³/mol. The molecule has 0 unspecified atom stereocenters. The van der Waals surface area contributed by atoms with Gasteiger partial charge in [-0.05, 0) is 37.5 Å². The SMILES string of the molecule is CCC(CC)C(=O)Nc1ccc(C)c(C#CCO)c1. The Labute approximate surface area is 115 Å². The normalized spacial score (nSPS) is 9.95. The molecule has 102 valence electrons. The topological polar surface area (TPSA) is 49.3 Å². The van der Waals surface area contributed by atoms with Gasteiger partial charge in [-0.1, -0.05) is 31.8 Å². The third-order valence-corrected chi connectivity index (χ3v) is 3.16. The Balaban J connectivity index is 2.88. The van der Waals surface area contributed by atoms with E-state index in [0.717, 1.165) is 29.7 Å². The van der Waals surface area contributed by atoms with Crippen LogP contribution in [0.1, 0.15) is 37.8 Å². The van der Waals surface area contributed by atoms with Gasteiger partial charge >= 0.3 is 0 Å². The Morgan fingerprint density at radius 3 is 2.63 bits per heavy atom. The molecule has 3 heteroatoms. The lowest BCUT2D eigenvalue weighted by Crippen LogP contribution is -2.21. The quantitative estimate of drug-likeness (QED) is 0.817. The van der Waals surface area contributed by atoms with Crippen LogP contribution in [0.25, 0.3) is 0 Å². The Hall–Kier alpha value is -1.79. The number of hydrogen-bond donors (Lipinski definition) is 2. The molecule has 0 saturated carbocycles. The summed E-state index contributed by atoms with van der Waals surface area (Å²) in [6.45, 7) is 5.82. The maximum Gasteiger partial charge on any atom is 0.227 e. The van der Waals surface area contributed by atoms with Gasteiger partial charge < -0.3 is 10.4 Å². The van der Waals surface area contributed by atoms with E-state index in [2.05, 4.69) is 17.2 Å². The van der Waals surface area contributed by atoms with Crippen molar-refractivity contribution >= 4 is 11.6 Å². The summed E-state index contributed by atoms with van der Waals surface area (Å²) in [5, 5.41) is 11.6. The van der Waals surface area contributed by atoms with Gasteiger partial charge in [-0.15, -0.1) is 0 Å². The molecule has 19 heavy (non-hydrogen) atoms. The van der Waals surface area contributed by atoms with E-state index in [0.29, 0.717) is 0 Å². The zero-order chi connectivity index (χ0) is 14.3. The Bertz CT molecular complexity index is 493. The van der Waals surface area contributed by atoms with Crippen molar-refractivity contribution in [2.24, 2.45) is 5.92 Å². The van der Waals surface area contributed by atoms with Crippen LogP contribution in [0.15, 0.2) is 18.2 Å². The summed E-state index contributed by atoms with van der Waals surface area (Å²) in [6.07, 6.45) is 1.68. The number of aliphatic hydroxyl groups is 1. The Morgan fingerprint density at radius 1 is 1.37 bits per heavy atom. The first-order valence-corrected chi connectivity index (χ1v) is 6.63. The summed E-state index contributed by atoms with van der Waals surface area (Å²) in [7, 11) is 0. The molecule has 0 fully saturated rings. The second-order valence-corrected chi connectivity index (χ2v) is 4.49. The molecule has 0 aliphatic heterocycles. The molecule has 3 nitrogen and oxygen atoms in total. The molecule has 0 saturated heterocycles. The molecule has 0 bridgehead atoms. The maximum absolute atomic E-state index is 12.0. The van der Waals surface area contributed by atoms with Crippen LogP contribution in [0.4, 0.5) is 5.69 Å². The molecule has 1 aromatic carbocycles. The molecule has 0 atom stereocenters. The number of hydrogen-bond acceptors (Lipinski definition) is 2. The molecule has 0 radical (unpaired) electrons. The van der Waals surface area contributed by atoms with E-state index in [1.807, 2.05) is 39.0 Å². The van der Waals surface area contributed by atoms with Crippen LogP contribution in [0, 0.1) is 24.7 Å². The highest BCUT2D eigenvalue weighted by Gasteiger charge is 2.14. The van der Waals surface area contributed by atoms with Crippen LogP contribution < -0.4 is 5.32 Å². The highest BCUT2D eigenvalue weighted by molar-refractivity contribution is 5.92. The lowest BCUT2D eigenvalue weighted by atomic mass is 10.0. The third-order valence-electron chi connectivity index (χ3n) is 3.16. The predicted octanol–water partition coefficient (Wildman–Crippen LogP) is 2.71. The second kappa shape index (κ2) is 7.60. The fraction of sp³-hybridized carbons (Fsp3) is 0.438. The average Bonchev–Trinajstić information content (AvgIpc) is 2.40. The van der Waals surface area contributed by atoms with Gasteiger partial charge in [0.25, 0.3) is 0 Å². The zero-order valence-electron chi connectivity index (χ0n) is 11.8.